The third kappa shape index (κ3) is 32.3. The van der Waals surface area contributed by atoms with Crippen LogP contribution in [0.15, 0.2) is 12.2 Å². The van der Waals surface area contributed by atoms with Gasteiger partial charge in [0.1, 0.15) is 0 Å². The van der Waals surface area contributed by atoms with Gasteiger partial charge in [-0.25, -0.2) is 0 Å². The zero-order chi connectivity index (χ0) is 31.5. The van der Waals surface area contributed by atoms with E-state index in [4.69, 9.17) is 0 Å². The first kappa shape index (κ1) is 42.1. The van der Waals surface area contributed by atoms with E-state index in [0.717, 1.165) is 32.1 Å². The molecule has 0 rings (SSSR count). The summed E-state index contributed by atoms with van der Waals surface area (Å²) in [4.78, 5) is 12.3. The summed E-state index contributed by atoms with van der Waals surface area (Å²) in [7, 11) is 0. The molecule has 43 heavy (non-hydrogen) atoms. The van der Waals surface area contributed by atoms with Gasteiger partial charge >= 0.3 is 0 Å². The van der Waals surface area contributed by atoms with Crippen LogP contribution in [0, 0.1) is 0 Å². The van der Waals surface area contributed by atoms with Gasteiger partial charge in [0.2, 0.25) is 5.91 Å². The van der Waals surface area contributed by atoms with Crippen molar-refractivity contribution in [2.75, 3.05) is 6.61 Å². The summed E-state index contributed by atoms with van der Waals surface area (Å²) in [6, 6.07) is -0.545. The summed E-state index contributed by atoms with van der Waals surface area (Å²) < 4.78 is 0. The van der Waals surface area contributed by atoms with E-state index in [1.54, 1.807) is 0 Å². The Hall–Kier alpha value is -0.870. The summed E-state index contributed by atoms with van der Waals surface area (Å²) in [6.45, 7) is 4.34. The lowest BCUT2D eigenvalue weighted by Gasteiger charge is -2.22. The van der Waals surface area contributed by atoms with Crippen molar-refractivity contribution in [2.24, 2.45) is 0 Å². The lowest BCUT2D eigenvalue weighted by Crippen LogP contribution is -2.45. The van der Waals surface area contributed by atoms with Gasteiger partial charge in [-0.3, -0.25) is 4.79 Å². The Balaban J connectivity index is 3.52. The van der Waals surface area contributed by atoms with Crippen LogP contribution < -0.4 is 5.32 Å². The van der Waals surface area contributed by atoms with Crippen LogP contribution in [0.3, 0.4) is 0 Å². The second kappa shape index (κ2) is 35.6. The summed E-state index contributed by atoms with van der Waals surface area (Å²) in [6.07, 6.45) is 42.7. The first-order valence-electron chi connectivity index (χ1n) is 19.4. The fourth-order valence-corrected chi connectivity index (χ4v) is 6.00. The van der Waals surface area contributed by atoms with Crippen molar-refractivity contribution >= 4 is 5.91 Å². The highest BCUT2D eigenvalue weighted by molar-refractivity contribution is 5.76. The smallest absolute Gasteiger partial charge is 0.220 e. The Morgan fingerprint density at radius 1 is 0.535 bits per heavy atom. The largest absolute Gasteiger partial charge is 0.394 e. The number of carbonyl (C=O) groups is 1. The van der Waals surface area contributed by atoms with Crippen LogP contribution in [0.4, 0.5) is 0 Å². The Morgan fingerprint density at radius 3 is 1.28 bits per heavy atom. The number of allylic oxidation sites excluding steroid dienone is 2. The second-order valence-electron chi connectivity index (χ2n) is 13.4. The number of rotatable bonds is 35. The highest BCUT2D eigenvalue weighted by Crippen LogP contribution is 2.15. The van der Waals surface area contributed by atoms with Crippen molar-refractivity contribution in [3.05, 3.63) is 12.2 Å². The molecule has 0 bridgehead atoms. The maximum absolute atomic E-state index is 12.3. The van der Waals surface area contributed by atoms with Crippen molar-refractivity contribution in [1.82, 2.24) is 5.32 Å². The Morgan fingerprint density at radius 2 is 0.884 bits per heavy atom. The van der Waals surface area contributed by atoms with Crippen LogP contribution in [-0.4, -0.2) is 34.9 Å². The third-order valence-electron chi connectivity index (χ3n) is 9.03. The second-order valence-corrected chi connectivity index (χ2v) is 13.4. The molecule has 0 aliphatic rings. The summed E-state index contributed by atoms with van der Waals surface area (Å²) >= 11 is 0. The van der Waals surface area contributed by atoms with Crippen molar-refractivity contribution < 1.29 is 15.0 Å². The van der Waals surface area contributed by atoms with E-state index in [9.17, 15) is 15.0 Å². The number of carbonyl (C=O) groups excluding carboxylic acids is 1. The van der Waals surface area contributed by atoms with Crippen molar-refractivity contribution in [1.29, 1.82) is 0 Å². The zero-order valence-electron chi connectivity index (χ0n) is 29.2. The molecule has 0 radical (unpaired) electrons. The predicted molar refractivity (Wildman–Crippen MR) is 189 cm³/mol. The molecule has 0 spiro atoms. The zero-order valence-corrected chi connectivity index (χ0v) is 29.2. The predicted octanol–water partition coefficient (Wildman–Crippen LogP) is 11.5. The van der Waals surface area contributed by atoms with Crippen molar-refractivity contribution in [2.45, 2.75) is 225 Å². The highest BCUT2D eigenvalue weighted by Gasteiger charge is 2.19. The standard InChI is InChI=1S/C39H77NO3/c1-3-5-7-9-11-13-15-17-18-19-20-21-22-23-25-27-29-31-33-35-39(43)40-37(36-41)38(42)34-32-30-28-26-24-16-14-12-10-8-6-4-2/h24,26,37-38,41-42H,3-23,25,27-36H2,1-2H3,(H,40,43)/b26-24+/t37-,38+/m0/s1. The van der Waals surface area contributed by atoms with Gasteiger partial charge in [-0.05, 0) is 38.5 Å². The molecular formula is C39H77NO3. The Labute approximate surface area is 269 Å². The van der Waals surface area contributed by atoms with Gasteiger partial charge < -0.3 is 15.5 Å². The molecule has 0 aromatic heterocycles. The number of nitrogens with one attached hydrogen (secondary N) is 1. The molecule has 0 saturated carbocycles. The van der Waals surface area contributed by atoms with Gasteiger partial charge in [-0.1, -0.05) is 180 Å². The van der Waals surface area contributed by atoms with Gasteiger partial charge in [-0.2, -0.15) is 0 Å². The quantitative estimate of drug-likeness (QED) is 0.0496. The number of amides is 1. The number of aliphatic hydroxyl groups excluding tert-OH is 2. The molecule has 2 atom stereocenters. The van der Waals surface area contributed by atoms with Crippen LogP contribution in [0.5, 0.6) is 0 Å². The molecule has 3 N–H and O–H groups in total. The number of hydrogen-bond acceptors (Lipinski definition) is 3. The molecule has 0 aromatic carbocycles. The van der Waals surface area contributed by atoms with E-state index in [-0.39, 0.29) is 12.5 Å². The first-order valence-corrected chi connectivity index (χ1v) is 19.4. The number of hydrogen-bond donors (Lipinski definition) is 3. The summed E-state index contributed by atoms with van der Waals surface area (Å²) in [5.41, 5.74) is 0. The maximum Gasteiger partial charge on any atom is 0.220 e. The molecule has 4 heteroatoms. The van der Waals surface area contributed by atoms with E-state index >= 15 is 0 Å². The van der Waals surface area contributed by atoms with Gasteiger partial charge in [0.25, 0.3) is 0 Å². The molecule has 0 fully saturated rings. The molecular weight excluding hydrogens is 530 g/mol. The van der Waals surface area contributed by atoms with Gasteiger partial charge in [0, 0.05) is 6.42 Å². The monoisotopic (exact) mass is 608 g/mol. The van der Waals surface area contributed by atoms with Crippen LogP contribution in [0.2, 0.25) is 0 Å². The van der Waals surface area contributed by atoms with E-state index in [0.29, 0.717) is 12.8 Å². The SMILES string of the molecule is CCCCCCCC/C=C/CCCC[C@@H](O)[C@H](CO)NC(=O)CCCCCCCCCCCCCCCCCCCCC. The van der Waals surface area contributed by atoms with Gasteiger partial charge in [0.05, 0.1) is 18.8 Å². The van der Waals surface area contributed by atoms with E-state index in [2.05, 4.69) is 31.3 Å². The molecule has 0 saturated heterocycles. The van der Waals surface area contributed by atoms with Crippen molar-refractivity contribution in [3.63, 3.8) is 0 Å². The fraction of sp³-hybridized carbons (Fsp3) is 0.923. The first-order chi connectivity index (χ1) is 21.2. The van der Waals surface area contributed by atoms with Crippen LogP contribution in [-0.2, 0) is 4.79 Å². The maximum atomic E-state index is 12.3. The van der Waals surface area contributed by atoms with E-state index in [1.165, 1.54) is 154 Å². The Bertz CT molecular complexity index is 579. The summed E-state index contributed by atoms with van der Waals surface area (Å²) in [5, 5.41) is 23.0. The molecule has 0 aromatic rings. The minimum absolute atomic E-state index is 0.0392. The molecule has 256 valence electrons. The summed E-state index contributed by atoms with van der Waals surface area (Å²) in [5.74, 6) is -0.0392. The third-order valence-corrected chi connectivity index (χ3v) is 9.03. The van der Waals surface area contributed by atoms with Crippen LogP contribution >= 0.6 is 0 Å². The lowest BCUT2D eigenvalue weighted by atomic mass is 10.0. The minimum atomic E-state index is -0.675. The molecule has 0 heterocycles. The van der Waals surface area contributed by atoms with Crippen LogP contribution in [0.25, 0.3) is 0 Å². The van der Waals surface area contributed by atoms with Crippen molar-refractivity contribution in [3.8, 4) is 0 Å². The van der Waals surface area contributed by atoms with E-state index in [1.807, 2.05) is 0 Å². The lowest BCUT2D eigenvalue weighted by molar-refractivity contribution is -0.123. The van der Waals surface area contributed by atoms with Crippen LogP contribution in [0.1, 0.15) is 213 Å². The highest BCUT2D eigenvalue weighted by atomic mass is 16.3. The molecule has 0 aliphatic heterocycles. The van der Waals surface area contributed by atoms with Gasteiger partial charge in [-0.15, -0.1) is 0 Å². The average Bonchev–Trinajstić information content (AvgIpc) is 3.01. The fourth-order valence-electron chi connectivity index (χ4n) is 6.00. The molecule has 4 nitrogen and oxygen atoms in total. The number of unbranched alkanes of at least 4 members (excludes halogenated alkanes) is 26. The topological polar surface area (TPSA) is 69.6 Å². The average molecular weight is 608 g/mol. The molecule has 1 amide bonds. The number of aliphatic hydroxyl groups is 2. The minimum Gasteiger partial charge on any atom is -0.394 e. The Kier molecular flexibility index (Phi) is 34.9. The normalized spacial score (nSPS) is 13.1. The molecule has 0 unspecified atom stereocenters. The molecule has 0 aliphatic carbocycles. The van der Waals surface area contributed by atoms with Gasteiger partial charge in [0.15, 0.2) is 0 Å². The van der Waals surface area contributed by atoms with E-state index < -0.39 is 12.1 Å².